The van der Waals surface area contributed by atoms with Gasteiger partial charge in [-0.2, -0.15) is 13.2 Å². The summed E-state index contributed by atoms with van der Waals surface area (Å²) in [6.07, 6.45) is 0. The minimum absolute atomic E-state index is 0. The van der Waals surface area contributed by atoms with Gasteiger partial charge in [0.2, 0.25) is 0 Å². The van der Waals surface area contributed by atoms with E-state index in [2.05, 4.69) is 0 Å². The van der Waals surface area contributed by atoms with E-state index in [1.165, 1.54) is 0 Å². The summed E-state index contributed by atoms with van der Waals surface area (Å²) in [4.78, 5) is 0. The summed E-state index contributed by atoms with van der Waals surface area (Å²) in [6, 6.07) is 0. The minimum atomic E-state index is -6.09. The molecule has 8 heteroatoms. The van der Waals surface area contributed by atoms with E-state index in [4.69, 9.17) is 13.0 Å². The zero-order chi connectivity index (χ0) is 7.00. The van der Waals surface area contributed by atoms with Gasteiger partial charge in [0.25, 0.3) is 0 Å². The molecule has 0 radical (unpaired) electrons. The van der Waals surface area contributed by atoms with Crippen LogP contribution in [0, 0.1) is 0 Å². The topological polar surface area (TPSA) is 57.2 Å². The predicted octanol–water partition coefficient (Wildman–Crippen LogP) is -0.329. The molecule has 0 atom stereocenters. The van der Waals surface area contributed by atoms with Crippen molar-refractivity contribution in [2.45, 2.75) is 5.51 Å². The molecule has 0 aromatic heterocycles. The van der Waals surface area contributed by atoms with Crippen molar-refractivity contribution in [2.75, 3.05) is 0 Å². The van der Waals surface area contributed by atoms with Crippen LogP contribution in [0.15, 0.2) is 0 Å². The molecule has 0 fully saturated rings. The summed E-state index contributed by atoms with van der Waals surface area (Å²) in [5.41, 5.74) is -5.65. The molecular formula is CAlF3O3S+2. The SMILES string of the molecule is O=S(=O)([O-])C(F)(F)F.[Al+3]. The molecule has 0 amide bonds. The van der Waals surface area contributed by atoms with E-state index in [1.807, 2.05) is 0 Å². The van der Waals surface area contributed by atoms with E-state index >= 15 is 0 Å². The third-order valence-electron chi connectivity index (χ3n) is 0.283. The molecule has 0 aliphatic rings. The maximum Gasteiger partial charge on any atom is 3.00 e. The number of hydrogen-bond acceptors (Lipinski definition) is 3. The molecule has 0 aliphatic heterocycles. The van der Waals surface area contributed by atoms with Crippen LogP contribution >= 0.6 is 0 Å². The molecule has 0 unspecified atom stereocenters. The Morgan fingerprint density at radius 3 is 1.33 bits per heavy atom. The quantitative estimate of drug-likeness (QED) is 0.288. The monoisotopic (exact) mass is 176 g/mol. The molecule has 0 bridgehead atoms. The molecule has 50 valence electrons. The molecule has 0 saturated heterocycles. The molecule has 0 aliphatic carbocycles. The molecule has 0 rings (SSSR count). The van der Waals surface area contributed by atoms with Crippen molar-refractivity contribution in [3.8, 4) is 0 Å². The maximum atomic E-state index is 10.7. The van der Waals surface area contributed by atoms with Crippen molar-refractivity contribution in [3.63, 3.8) is 0 Å². The van der Waals surface area contributed by atoms with E-state index in [1.54, 1.807) is 0 Å². The Bertz CT molecular complexity index is 168. The van der Waals surface area contributed by atoms with Gasteiger partial charge in [0.05, 0.1) is 0 Å². The predicted molar refractivity (Wildman–Crippen MR) is 21.5 cm³/mol. The van der Waals surface area contributed by atoms with Gasteiger partial charge in [-0.25, -0.2) is 8.42 Å². The van der Waals surface area contributed by atoms with Gasteiger partial charge in [-0.15, -0.1) is 0 Å². The Morgan fingerprint density at radius 1 is 1.22 bits per heavy atom. The summed E-state index contributed by atoms with van der Waals surface area (Å²) in [7, 11) is -6.09. The average molecular weight is 176 g/mol. The fourth-order valence-electron chi connectivity index (χ4n) is 0. The number of halogens is 3. The normalized spacial score (nSPS) is 12.4. The Morgan fingerprint density at radius 2 is 1.33 bits per heavy atom. The zero-order valence-electron chi connectivity index (χ0n) is 3.84. The first-order chi connectivity index (χ1) is 3.25. The van der Waals surface area contributed by atoms with E-state index in [9.17, 15) is 13.2 Å². The summed E-state index contributed by atoms with van der Waals surface area (Å²) < 4.78 is 58.9. The van der Waals surface area contributed by atoms with E-state index in [-0.39, 0.29) is 17.4 Å². The molecule has 0 saturated carbocycles. The molecule has 0 N–H and O–H groups in total. The van der Waals surface area contributed by atoms with Gasteiger partial charge in [0.1, 0.15) is 0 Å². The van der Waals surface area contributed by atoms with Crippen molar-refractivity contribution in [1.82, 2.24) is 0 Å². The number of alkyl halides is 3. The van der Waals surface area contributed by atoms with E-state index in [0.717, 1.165) is 0 Å². The van der Waals surface area contributed by atoms with Crippen molar-refractivity contribution in [3.05, 3.63) is 0 Å². The summed E-state index contributed by atoms with van der Waals surface area (Å²) in [5.74, 6) is 0. The minimum Gasteiger partial charge on any atom is -0.741 e. The molecule has 9 heavy (non-hydrogen) atoms. The van der Waals surface area contributed by atoms with Crippen LogP contribution < -0.4 is 0 Å². The van der Waals surface area contributed by atoms with Crippen LogP contribution in [-0.4, -0.2) is 35.8 Å². The molecule has 0 heterocycles. The van der Waals surface area contributed by atoms with Crippen molar-refractivity contribution < 1.29 is 26.1 Å². The molecule has 0 aromatic rings. The Hall–Kier alpha value is 0.232. The van der Waals surface area contributed by atoms with Crippen LogP contribution in [0.2, 0.25) is 0 Å². The third-order valence-corrected chi connectivity index (χ3v) is 0.850. The van der Waals surface area contributed by atoms with Crippen molar-refractivity contribution in [2.24, 2.45) is 0 Å². The van der Waals surface area contributed by atoms with Crippen LogP contribution in [-0.2, 0) is 10.1 Å². The number of rotatable bonds is 0. The molecule has 0 spiro atoms. The first-order valence-corrected chi connectivity index (χ1v) is 2.68. The van der Waals surface area contributed by atoms with Gasteiger partial charge in [0.15, 0.2) is 10.1 Å². The van der Waals surface area contributed by atoms with Crippen LogP contribution in [0.3, 0.4) is 0 Å². The summed E-state index contributed by atoms with van der Waals surface area (Å²) >= 11 is 0. The van der Waals surface area contributed by atoms with Gasteiger partial charge in [0, 0.05) is 0 Å². The fraction of sp³-hybridized carbons (Fsp3) is 1.00. The Kier molecular flexibility index (Phi) is 3.83. The van der Waals surface area contributed by atoms with Crippen molar-refractivity contribution in [1.29, 1.82) is 0 Å². The number of hydrogen-bond donors (Lipinski definition) is 0. The van der Waals surface area contributed by atoms with Gasteiger partial charge in [-0.05, 0) is 0 Å². The third kappa shape index (κ3) is 3.75. The van der Waals surface area contributed by atoms with Gasteiger partial charge >= 0.3 is 22.9 Å². The molecular weight excluding hydrogens is 176 g/mol. The Labute approximate surface area is 59.7 Å². The van der Waals surface area contributed by atoms with Crippen molar-refractivity contribution >= 4 is 27.5 Å². The standard InChI is InChI=1S/CHF3O3S.Al/c2-1(3,4)8(5,6)7;/h(H,5,6,7);/q;+3/p-1. The first kappa shape index (κ1) is 12.0. The van der Waals surface area contributed by atoms with Crippen LogP contribution in [0.4, 0.5) is 13.2 Å². The second-order valence-corrected chi connectivity index (χ2v) is 2.27. The second-order valence-electron chi connectivity index (χ2n) is 0.900. The largest absolute Gasteiger partial charge is 3.00 e. The van der Waals surface area contributed by atoms with E-state index in [0.29, 0.717) is 0 Å². The van der Waals surface area contributed by atoms with E-state index < -0.39 is 15.6 Å². The average Bonchev–Trinajstić information content (AvgIpc) is 1.25. The second kappa shape index (κ2) is 2.88. The molecule has 3 nitrogen and oxygen atoms in total. The molecule has 0 aromatic carbocycles. The van der Waals surface area contributed by atoms with Gasteiger partial charge < -0.3 is 4.55 Å². The Balaban J connectivity index is 0. The first-order valence-electron chi connectivity index (χ1n) is 1.27. The van der Waals surface area contributed by atoms with Crippen LogP contribution in [0.25, 0.3) is 0 Å². The van der Waals surface area contributed by atoms with Gasteiger partial charge in [-0.1, -0.05) is 0 Å². The van der Waals surface area contributed by atoms with Gasteiger partial charge in [-0.3, -0.25) is 0 Å². The summed E-state index contributed by atoms with van der Waals surface area (Å²) in [6.45, 7) is 0. The van der Waals surface area contributed by atoms with Crippen LogP contribution in [0.5, 0.6) is 0 Å². The fourth-order valence-corrected chi connectivity index (χ4v) is 0. The maximum absolute atomic E-state index is 10.7. The zero-order valence-corrected chi connectivity index (χ0v) is 5.82. The smallest absolute Gasteiger partial charge is 0.741 e. The van der Waals surface area contributed by atoms with Crippen LogP contribution in [0.1, 0.15) is 0 Å². The summed E-state index contributed by atoms with van der Waals surface area (Å²) in [5, 5.41) is 0.